The molecule has 0 saturated carbocycles. The number of nitrogens with one attached hydrogen (secondary N) is 2. The number of methoxy groups -OCH3 is 2. The van der Waals surface area contributed by atoms with E-state index >= 15 is 0 Å². The third kappa shape index (κ3) is 3.88. The molecule has 2 aliphatic rings. The Morgan fingerprint density at radius 3 is 2.67 bits per heavy atom. The summed E-state index contributed by atoms with van der Waals surface area (Å²) in [5.41, 5.74) is 1.12. The van der Waals surface area contributed by atoms with Gasteiger partial charge in [0.2, 0.25) is 0 Å². The zero-order valence-electron chi connectivity index (χ0n) is 14.1. The Hall–Kier alpha value is -1.22. The standard InChI is InChI=1S/C17H26N2O5/c1-21-8-7-18-15-16(20)14(13-10-23-17(15)24-13)19-9-11-3-5-12(22-2)6-4-11/h3-6,13-20H,7-10H2,1-2H3/t13-,14+,15-,16-,17+/m0/s1. The van der Waals surface area contributed by atoms with Crippen molar-refractivity contribution in [1.82, 2.24) is 10.6 Å². The zero-order valence-corrected chi connectivity index (χ0v) is 14.1. The summed E-state index contributed by atoms with van der Waals surface area (Å²) < 4.78 is 21.8. The molecule has 5 atom stereocenters. The molecule has 1 aromatic rings. The van der Waals surface area contributed by atoms with Gasteiger partial charge in [-0.15, -0.1) is 0 Å². The summed E-state index contributed by atoms with van der Waals surface area (Å²) in [7, 11) is 3.30. The van der Waals surface area contributed by atoms with Crippen LogP contribution in [0.1, 0.15) is 5.56 Å². The van der Waals surface area contributed by atoms with Crippen LogP contribution in [-0.2, 0) is 20.8 Å². The molecule has 24 heavy (non-hydrogen) atoms. The first-order valence-corrected chi connectivity index (χ1v) is 8.26. The molecule has 134 valence electrons. The van der Waals surface area contributed by atoms with E-state index in [9.17, 15) is 5.11 Å². The second-order valence-corrected chi connectivity index (χ2v) is 6.09. The predicted molar refractivity (Wildman–Crippen MR) is 87.9 cm³/mol. The van der Waals surface area contributed by atoms with Gasteiger partial charge in [-0.2, -0.15) is 0 Å². The third-order valence-electron chi connectivity index (χ3n) is 4.55. The summed E-state index contributed by atoms with van der Waals surface area (Å²) in [5.74, 6) is 0.828. The van der Waals surface area contributed by atoms with Gasteiger partial charge in [0.25, 0.3) is 0 Å². The number of fused-ring (bicyclic) bond motifs is 2. The van der Waals surface area contributed by atoms with E-state index in [0.717, 1.165) is 11.3 Å². The molecule has 2 saturated heterocycles. The molecule has 0 aromatic heterocycles. The molecular weight excluding hydrogens is 312 g/mol. The van der Waals surface area contributed by atoms with Gasteiger partial charge in [0.05, 0.1) is 38.5 Å². The van der Waals surface area contributed by atoms with Crippen LogP contribution in [0, 0.1) is 0 Å². The van der Waals surface area contributed by atoms with Gasteiger partial charge < -0.3 is 34.7 Å². The lowest BCUT2D eigenvalue weighted by Gasteiger charge is -2.39. The van der Waals surface area contributed by atoms with Crippen LogP contribution in [0.3, 0.4) is 0 Å². The molecule has 2 fully saturated rings. The molecule has 0 unspecified atom stereocenters. The van der Waals surface area contributed by atoms with Crippen molar-refractivity contribution in [2.24, 2.45) is 0 Å². The Kier molecular flexibility index (Phi) is 6.04. The van der Waals surface area contributed by atoms with Crippen molar-refractivity contribution in [3.05, 3.63) is 29.8 Å². The van der Waals surface area contributed by atoms with Gasteiger partial charge in [0.15, 0.2) is 6.29 Å². The van der Waals surface area contributed by atoms with E-state index in [4.69, 9.17) is 18.9 Å². The van der Waals surface area contributed by atoms with Gasteiger partial charge in [-0.05, 0) is 17.7 Å². The number of aliphatic hydroxyl groups is 1. The number of ether oxygens (including phenoxy) is 4. The topological polar surface area (TPSA) is 81.2 Å². The number of hydrogen-bond donors (Lipinski definition) is 3. The molecule has 7 heteroatoms. The predicted octanol–water partition coefficient (Wildman–Crippen LogP) is -0.126. The van der Waals surface area contributed by atoms with Crippen LogP contribution in [0.15, 0.2) is 24.3 Å². The van der Waals surface area contributed by atoms with E-state index in [2.05, 4.69) is 10.6 Å². The van der Waals surface area contributed by atoms with Crippen LogP contribution in [0.4, 0.5) is 0 Å². The number of rotatable bonds is 8. The Morgan fingerprint density at radius 1 is 1.17 bits per heavy atom. The van der Waals surface area contributed by atoms with E-state index in [1.807, 2.05) is 24.3 Å². The lowest BCUT2D eigenvalue weighted by Crippen LogP contribution is -2.63. The van der Waals surface area contributed by atoms with Crippen molar-refractivity contribution in [2.45, 2.75) is 37.1 Å². The second-order valence-electron chi connectivity index (χ2n) is 6.09. The first kappa shape index (κ1) is 17.6. The summed E-state index contributed by atoms with van der Waals surface area (Å²) in [6.07, 6.45) is -1.13. The van der Waals surface area contributed by atoms with Crippen molar-refractivity contribution in [3.63, 3.8) is 0 Å². The molecule has 3 rings (SSSR count). The van der Waals surface area contributed by atoms with Gasteiger partial charge in [-0.1, -0.05) is 12.1 Å². The zero-order chi connectivity index (χ0) is 16.9. The third-order valence-corrected chi connectivity index (χ3v) is 4.55. The highest BCUT2D eigenvalue weighted by Gasteiger charge is 2.49. The Morgan fingerprint density at radius 2 is 1.96 bits per heavy atom. The SMILES string of the molecule is COCCN[C@@H]1[C@@H]2OC[C@H](O2)[C@@H](NCc2ccc(OC)cc2)[C@@H]1O. The molecule has 2 aliphatic heterocycles. The fourth-order valence-electron chi connectivity index (χ4n) is 3.20. The molecule has 0 radical (unpaired) electrons. The number of hydrogen-bond acceptors (Lipinski definition) is 7. The first-order chi connectivity index (χ1) is 11.7. The molecular formula is C17H26N2O5. The van der Waals surface area contributed by atoms with Gasteiger partial charge in [0.1, 0.15) is 11.9 Å². The molecule has 0 aliphatic carbocycles. The molecule has 7 nitrogen and oxygen atoms in total. The van der Waals surface area contributed by atoms with Crippen molar-refractivity contribution in [2.75, 3.05) is 34.0 Å². The highest BCUT2D eigenvalue weighted by Crippen LogP contribution is 2.28. The fourth-order valence-corrected chi connectivity index (χ4v) is 3.20. The summed E-state index contributed by atoms with van der Waals surface area (Å²) in [6.45, 7) is 2.34. The highest BCUT2D eigenvalue weighted by atomic mass is 16.7. The fraction of sp³-hybridized carbons (Fsp3) is 0.647. The van der Waals surface area contributed by atoms with Crippen LogP contribution < -0.4 is 15.4 Å². The van der Waals surface area contributed by atoms with E-state index in [-0.39, 0.29) is 18.2 Å². The van der Waals surface area contributed by atoms with Gasteiger partial charge >= 0.3 is 0 Å². The average Bonchev–Trinajstić information content (AvgIpc) is 3.04. The quantitative estimate of drug-likeness (QED) is 0.570. The van der Waals surface area contributed by atoms with Crippen LogP contribution in [-0.4, -0.2) is 69.7 Å². The van der Waals surface area contributed by atoms with E-state index in [0.29, 0.717) is 26.3 Å². The lowest BCUT2D eigenvalue weighted by atomic mass is 9.95. The van der Waals surface area contributed by atoms with Crippen molar-refractivity contribution >= 4 is 0 Å². The maximum Gasteiger partial charge on any atom is 0.176 e. The van der Waals surface area contributed by atoms with E-state index in [1.165, 1.54) is 0 Å². The van der Waals surface area contributed by atoms with Crippen molar-refractivity contribution in [3.8, 4) is 5.75 Å². The normalized spacial score (nSPS) is 32.0. The van der Waals surface area contributed by atoms with Gasteiger partial charge in [0, 0.05) is 20.2 Å². The Labute approximate surface area is 142 Å². The number of benzene rings is 1. The van der Waals surface area contributed by atoms with Gasteiger partial charge in [-0.25, -0.2) is 0 Å². The summed E-state index contributed by atoms with van der Waals surface area (Å²) in [5, 5.41) is 17.4. The molecule has 0 amide bonds. The highest BCUT2D eigenvalue weighted by molar-refractivity contribution is 5.27. The minimum atomic E-state index is -0.591. The first-order valence-electron chi connectivity index (χ1n) is 8.26. The minimum absolute atomic E-state index is 0.135. The maximum atomic E-state index is 10.7. The smallest absolute Gasteiger partial charge is 0.176 e. The molecule has 2 heterocycles. The molecule has 2 bridgehead atoms. The van der Waals surface area contributed by atoms with Crippen molar-refractivity contribution < 1.29 is 24.1 Å². The number of aliphatic hydroxyl groups excluding tert-OH is 1. The Bertz CT molecular complexity index is 512. The summed E-state index contributed by atoms with van der Waals surface area (Å²) >= 11 is 0. The van der Waals surface area contributed by atoms with Crippen LogP contribution in [0.25, 0.3) is 0 Å². The van der Waals surface area contributed by atoms with Crippen LogP contribution in [0.2, 0.25) is 0 Å². The second kappa shape index (κ2) is 8.24. The summed E-state index contributed by atoms with van der Waals surface area (Å²) in [4.78, 5) is 0. The minimum Gasteiger partial charge on any atom is -0.497 e. The lowest BCUT2D eigenvalue weighted by molar-refractivity contribution is -0.153. The van der Waals surface area contributed by atoms with Crippen LogP contribution >= 0.6 is 0 Å². The van der Waals surface area contributed by atoms with Crippen LogP contribution in [0.5, 0.6) is 5.75 Å². The molecule has 0 spiro atoms. The summed E-state index contributed by atoms with van der Waals surface area (Å²) in [6, 6.07) is 7.40. The molecule has 3 N–H and O–H groups in total. The largest absolute Gasteiger partial charge is 0.497 e. The monoisotopic (exact) mass is 338 g/mol. The van der Waals surface area contributed by atoms with E-state index in [1.54, 1.807) is 14.2 Å². The molecule has 1 aromatic carbocycles. The van der Waals surface area contributed by atoms with Gasteiger partial charge in [-0.3, -0.25) is 0 Å². The maximum absolute atomic E-state index is 10.7. The van der Waals surface area contributed by atoms with E-state index < -0.39 is 12.4 Å². The Balaban J connectivity index is 1.58. The average molecular weight is 338 g/mol. The van der Waals surface area contributed by atoms with Crippen molar-refractivity contribution in [1.29, 1.82) is 0 Å².